The summed E-state index contributed by atoms with van der Waals surface area (Å²) in [6, 6.07) is 9.64. The molecule has 0 saturated carbocycles. The maximum Gasteiger partial charge on any atom is 0.282 e. The highest BCUT2D eigenvalue weighted by Crippen LogP contribution is 2.09. The van der Waals surface area contributed by atoms with Gasteiger partial charge in [-0.25, -0.2) is 8.78 Å². The van der Waals surface area contributed by atoms with Crippen LogP contribution in [0.5, 0.6) is 0 Å². The summed E-state index contributed by atoms with van der Waals surface area (Å²) in [6.45, 7) is -1.10. The second-order valence-electron chi connectivity index (χ2n) is 3.43. The van der Waals surface area contributed by atoms with Crippen LogP contribution >= 0.6 is 0 Å². The van der Waals surface area contributed by atoms with Gasteiger partial charge in [0.05, 0.1) is 6.54 Å². The van der Waals surface area contributed by atoms with Gasteiger partial charge in [-0.05, 0) is 18.5 Å². The molecule has 2 N–H and O–H groups in total. The van der Waals surface area contributed by atoms with Gasteiger partial charge in [0.2, 0.25) is 0 Å². The van der Waals surface area contributed by atoms with Crippen LogP contribution in [0.15, 0.2) is 30.3 Å². The summed E-state index contributed by atoms with van der Waals surface area (Å²) in [7, 11) is 0. The third-order valence-corrected chi connectivity index (χ3v) is 2.05. The van der Waals surface area contributed by atoms with E-state index in [0.29, 0.717) is 13.0 Å². The molecule has 0 saturated heterocycles. The van der Waals surface area contributed by atoms with Gasteiger partial charge in [-0.1, -0.05) is 30.3 Å². The molecule has 0 atom stereocenters. The highest BCUT2D eigenvalue weighted by molar-refractivity contribution is 5.14. The van der Waals surface area contributed by atoms with Gasteiger partial charge in [0.25, 0.3) is 5.92 Å². The zero-order valence-electron chi connectivity index (χ0n) is 8.42. The summed E-state index contributed by atoms with van der Waals surface area (Å²) in [6.07, 6.45) is 0.711. The lowest BCUT2D eigenvalue weighted by Gasteiger charge is -2.13. The smallest absolute Gasteiger partial charge is 0.282 e. The lowest BCUT2D eigenvalue weighted by molar-refractivity contribution is -0.0473. The molecule has 0 aliphatic rings. The fourth-order valence-corrected chi connectivity index (χ4v) is 1.20. The maximum atomic E-state index is 12.6. The monoisotopic (exact) mass is 215 g/mol. The van der Waals surface area contributed by atoms with E-state index < -0.39 is 19.1 Å². The minimum Gasteiger partial charge on any atom is -0.390 e. The first kappa shape index (κ1) is 12.1. The highest BCUT2D eigenvalue weighted by Gasteiger charge is 2.26. The molecule has 0 radical (unpaired) electrons. The molecule has 0 spiro atoms. The predicted octanol–water partition coefficient (Wildman–Crippen LogP) is 1.45. The quantitative estimate of drug-likeness (QED) is 0.704. The molecule has 2 nitrogen and oxygen atoms in total. The third-order valence-electron chi connectivity index (χ3n) is 2.05. The van der Waals surface area contributed by atoms with Crippen molar-refractivity contribution >= 4 is 0 Å². The fraction of sp³-hybridized carbons (Fsp3) is 0.455. The Morgan fingerprint density at radius 2 is 1.87 bits per heavy atom. The van der Waals surface area contributed by atoms with E-state index in [0.717, 1.165) is 5.56 Å². The molecule has 84 valence electrons. The van der Waals surface area contributed by atoms with Crippen LogP contribution in [-0.4, -0.2) is 30.7 Å². The van der Waals surface area contributed by atoms with Crippen LogP contribution in [0, 0.1) is 0 Å². The van der Waals surface area contributed by atoms with Crippen molar-refractivity contribution in [3.63, 3.8) is 0 Å². The van der Waals surface area contributed by atoms with Gasteiger partial charge in [0.1, 0.15) is 6.61 Å². The van der Waals surface area contributed by atoms with Crippen molar-refractivity contribution in [2.24, 2.45) is 0 Å². The van der Waals surface area contributed by atoms with Crippen LogP contribution in [0.2, 0.25) is 0 Å². The molecule has 0 amide bonds. The standard InChI is InChI=1S/C11H15F2NO/c12-11(13,9-15)8-14-7-6-10-4-2-1-3-5-10/h1-5,14-15H,6-9H2. The lowest BCUT2D eigenvalue weighted by atomic mass is 10.1. The molecule has 0 aliphatic heterocycles. The number of aliphatic hydroxyl groups is 1. The van der Waals surface area contributed by atoms with Crippen LogP contribution < -0.4 is 5.32 Å². The number of nitrogens with one attached hydrogen (secondary N) is 1. The Hall–Kier alpha value is -1.00. The Bertz CT molecular complexity index is 277. The average Bonchev–Trinajstić information content (AvgIpc) is 2.26. The van der Waals surface area contributed by atoms with E-state index in [1.807, 2.05) is 30.3 Å². The van der Waals surface area contributed by atoms with E-state index in [2.05, 4.69) is 5.32 Å². The Morgan fingerprint density at radius 3 is 2.47 bits per heavy atom. The average molecular weight is 215 g/mol. The van der Waals surface area contributed by atoms with E-state index in [-0.39, 0.29) is 0 Å². The molecule has 0 bridgehead atoms. The zero-order chi connectivity index (χ0) is 11.1. The number of hydrogen-bond donors (Lipinski definition) is 2. The summed E-state index contributed by atoms with van der Waals surface area (Å²) < 4.78 is 25.1. The molecule has 0 heterocycles. The summed E-state index contributed by atoms with van der Waals surface area (Å²) in [5, 5.41) is 10.9. The minimum atomic E-state index is -3.02. The number of benzene rings is 1. The van der Waals surface area contributed by atoms with Crippen molar-refractivity contribution in [2.45, 2.75) is 12.3 Å². The predicted molar refractivity (Wildman–Crippen MR) is 55.0 cm³/mol. The summed E-state index contributed by atoms with van der Waals surface area (Å²) in [5.41, 5.74) is 1.11. The van der Waals surface area contributed by atoms with Crippen molar-refractivity contribution in [1.82, 2.24) is 5.32 Å². The van der Waals surface area contributed by atoms with Gasteiger partial charge < -0.3 is 10.4 Å². The van der Waals surface area contributed by atoms with Crippen molar-refractivity contribution in [3.8, 4) is 0 Å². The first-order valence-electron chi connectivity index (χ1n) is 4.87. The Kier molecular flexibility index (Phi) is 4.65. The highest BCUT2D eigenvalue weighted by atomic mass is 19.3. The van der Waals surface area contributed by atoms with Crippen LogP contribution in [0.3, 0.4) is 0 Å². The molecule has 1 aromatic rings. The largest absolute Gasteiger partial charge is 0.390 e. The molecular weight excluding hydrogens is 200 g/mol. The van der Waals surface area contributed by atoms with E-state index >= 15 is 0 Å². The number of rotatable bonds is 6. The van der Waals surface area contributed by atoms with Gasteiger partial charge in [-0.2, -0.15) is 0 Å². The Labute approximate surface area is 87.9 Å². The molecule has 4 heteroatoms. The SMILES string of the molecule is OCC(F)(F)CNCCc1ccccc1. The topological polar surface area (TPSA) is 32.3 Å². The molecule has 0 aromatic heterocycles. The molecular formula is C11H15F2NO. The van der Waals surface area contributed by atoms with E-state index in [9.17, 15) is 8.78 Å². The molecule has 15 heavy (non-hydrogen) atoms. The summed E-state index contributed by atoms with van der Waals surface area (Å²) >= 11 is 0. The van der Waals surface area contributed by atoms with Crippen LogP contribution in [0.25, 0.3) is 0 Å². The van der Waals surface area contributed by atoms with Gasteiger partial charge in [-0.15, -0.1) is 0 Å². The van der Waals surface area contributed by atoms with Crippen molar-refractivity contribution < 1.29 is 13.9 Å². The first-order valence-corrected chi connectivity index (χ1v) is 4.87. The van der Waals surface area contributed by atoms with E-state index in [1.54, 1.807) is 0 Å². The van der Waals surface area contributed by atoms with E-state index in [1.165, 1.54) is 0 Å². The van der Waals surface area contributed by atoms with Gasteiger partial charge >= 0.3 is 0 Å². The molecule has 0 fully saturated rings. The zero-order valence-corrected chi connectivity index (χ0v) is 8.42. The van der Waals surface area contributed by atoms with Gasteiger partial charge in [0, 0.05) is 0 Å². The number of halogens is 2. The van der Waals surface area contributed by atoms with Crippen molar-refractivity contribution in [2.75, 3.05) is 19.7 Å². The third kappa shape index (κ3) is 4.85. The number of alkyl halides is 2. The van der Waals surface area contributed by atoms with Crippen molar-refractivity contribution in [3.05, 3.63) is 35.9 Å². The minimum absolute atomic E-state index is 0.476. The molecule has 0 unspecified atom stereocenters. The second kappa shape index (κ2) is 5.78. The van der Waals surface area contributed by atoms with Gasteiger partial charge in [0.15, 0.2) is 0 Å². The fourth-order valence-electron chi connectivity index (χ4n) is 1.20. The van der Waals surface area contributed by atoms with Crippen LogP contribution in [0.1, 0.15) is 5.56 Å². The Balaban J connectivity index is 2.18. The summed E-state index contributed by atoms with van der Waals surface area (Å²) in [4.78, 5) is 0. The lowest BCUT2D eigenvalue weighted by Crippen LogP contribution is -2.36. The van der Waals surface area contributed by atoms with Crippen LogP contribution in [-0.2, 0) is 6.42 Å². The molecule has 1 aromatic carbocycles. The number of hydrogen-bond acceptors (Lipinski definition) is 2. The molecule has 0 aliphatic carbocycles. The van der Waals surface area contributed by atoms with Crippen molar-refractivity contribution in [1.29, 1.82) is 0 Å². The summed E-state index contributed by atoms with van der Waals surface area (Å²) in [5.74, 6) is -3.02. The second-order valence-corrected chi connectivity index (χ2v) is 3.43. The number of aliphatic hydroxyl groups excluding tert-OH is 1. The maximum absolute atomic E-state index is 12.6. The normalized spacial score (nSPS) is 11.7. The Morgan fingerprint density at radius 1 is 1.20 bits per heavy atom. The first-order chi connectivity index (χ1) is 7.14. The van der Waals surface area contributed by atoms with Crippen LogP contribution in [0.4, 0.5) is 8.78 Å². The van der Waals surface area contributed by atoms with E-state index in [4.69, 9.17) is 5.11 Å². The van der Waals surface area contributed by atoms with Gasteiger partial charge in [-0.3, -0.25) is 0 Å². The molecule has 1 rings (SSSR count).